The van der Waals surface area contributed by atoms with Crippen molar-refractivity contribution in [3.63, 3.8) is 0 Å². The van der Waals surface area contributed by atoms with Crippen molar-refractivity contribution in [1.82, 2.24) is 4.90 Å². The van der Waals surface area contributed by atoms with Crippen molar-refractivity contribution < 1.29 is 4.79 Å². The normalized spacial score (nSPS) is 23.9. The van der Waals surface area contributed by atoms with Gasteiger partial charge in [0.2, 0.25) is 5.91 Å². The number of carbonyl (C=O) groups is 1. The Balaban J connectivity index is 1.61. The molecule has 2 atom stereocenters. The van der Waals surface area contributed by atoms with E-state index in [1.165, 1.54) is 5.56 Å². The van der Waals surface area contributed by atoms with E-state index >= 15 is 0 Å². The summed E-state index contributed by atoms with van der Waals surface area (Å²) in [5.41, 5.74) is 8.34. The molecule has 1 aromatic carbocycles. The van der Waals surface area contributed by atoms with E-state index in [9.17, 15) is 4.79 Å². The Labute approximate surface area is 120 Å². The molecule has 0 bridgehead atoms. The van der Waals surface area contributed by atoms with E-state index < -0.39 is 0 Å². The summed E-state index contributed by atoms with van der Waals surface area (Å²) in [6.45, 7) is 5.36. The molecule has 2 aliphatic heterocycles. The van der Waals surface area contributed by atoms with Crippen LogP contribution in [0.5, 0.6) is 0 Å². The molecule has 4 nitrogen and oxygen atoms in total. The minimum Gasteiger partial charge on any atom is -0.328 e. The van der Waals surface area contributed by atoms with E-state index in [0.29, 0.717) is 12.5 Å². The summed E-state index contributed by atoms with van der Waals surface area (Å²) in [4.78, 5) is 16.7. The van der Waals surface area contributed by atoms with Gasteiger partial charge in [-0.05, 0) is 43.9 Å². The second-order valence-electron chi connectivity index (χ2n) is 6.07. The molecule has 108 valence electrons. The zero-order chi connectivity index (χ0) is 14.1. The first-order valence-electron chi connectivity index (χ1n) is 7.51. The van der Waals surface area contributed by atoms with Gasteiger partial charge in [0.15, 0.2) is 0 Å². The Morgan fingerprint density at radius 1 is 1.40 bits per heavy atom. The molecule has 2 aliphatic rings. The predicted octanol–water partition coefficient (Wildman–Crippen LogP) is 1.24. The lowest BCUT2D eigenvalue weighted by atomic mass is 10.0. The van der Waals surface area contributed by atoms with Gasteiger partial charge < -0.3 is 10.6 Å². The van der Waals surface area contributed by atoms with Gasteiger partial charge in [-0.15, -0.1) is 0 Å². The summed E-state index contributed by atoms with van der Waals surface area (Å²) in [7, 11) is 0. The molecule has 1 aromatic rings. The van der Waals surface area contributed by atoms with Crippen LogP contribution >= 0.6 is 0 Å². The maximum absolute atomic E-state index is 12.5. The summed E-state index contributed by atoms with van der Waals surface area (Å²) in [5.74, 6) is 0.758. The van der Waals surface area contributed by atoms with Crippen molar-refractivity contribution in [2.75, 3.05) is 31.1 Å². The second kappa shape index (κ2) is 5.54. The average Bonchev–Trinajstić information content (AvgIpc) is 3.04. The number of para-hydroxylation sites is 1. The molecule has 1 fully saturated rings. The van der Waals surface area contributed by atoms with Crippen LogP contribution in [0.2, 0.25) is 0 Å². The third-order valence-corrected chi connectivity index (χ3v) is 4.60. The van der Waals surface area contributed by atoms with Crippen LogP contribution in [0.25, 0.3) is 0 Å². The van der Waals surface area contributed by atoms with E-state index in [0.717, 1.165) is 38.2 Å². The molecule has 2 heterocycles. The Bertz CT molecular complexity index is 500. The number of carbonyl (C=O) groups excluding carboxylic acids is 1. The van der Waals surface area contributed by atoms with Crippen molar-refractivity contribution in [3.05, 3.63) is 29.8 Å². The predicted molar refractivity (Wildman–Crippen MR) is 80.7 cm³/mol. The third-order valence-electron chi connectivity index (χ3n) is 4.60. The van der Waals surface area contributed by atoms with Crippen LogP contribution in [0.3, 0.4) is 0 Å². The number of nitrogens with zero attached hydrogens (tertiary/aromatic N) is 2. The molecule has 0 aliphatic carbocycles. The van der Waals surface area contributed by atoms with Gasteiger partial charge in [-0.25, -0.2) is 0 Å². The monoisotopic (exact) mass is 273 g/mol. The largest absolute Gasteiger partial charge is 0.328 e. The number of fused-ring (bicyclic) bond motifs is 1. The molecule has 4 heteroatoms. The fourth-order valence-electron chi connectivity index (χ4n) is 3.31. The standard InChI is InChI=1S/C16H23N3O/c1-12(17)14-6-8-18(10-14)11-16(20)19-9-7-13-4-2-3-5-15(13)19/h2-5,12,14H,6-11,17H2,1H3. The van der Waals surface area contributed by atoms with E-state index in [-0.39, 0.29) is 11.9 Å². The number of likely N-dealkylation sites (tertiary alicyclic amines) is 1. The van der Waals surface area contributed by atoms with Gasteiger partial charge in [-0.1, -0.05) is 18.2 Å². The highest BCUT2D eigenvalue weighted by atomic mass is 16.2. The highest BCUT2D eigenvalue weighted by molar-refractivity contribution is 5.96. The molecule has 0 radical (unpaired) electrons. The van der Waals surface area contributed by atoms with Crippen LogP contribution < -0.4 is 10.6 Å². The number of hydrogen-bond donors (Lipinski definition) is 1. The molecule has 2 unspecified atom stereocenters. The van der Waals surface area contributed by atoms with Crippen LogP contribution in [0.4, 0.5) is 5.69 Å². The highest BCUT2D eigenvalue weighted by Gasteiger charge is 2.30. The summed E-state index contributed by atoms with van der Waals surface area (Å²) >= 11 is 0. The van der Waals surface area contributed by atoms with Crippen LogP contribution in [0, 0.1) is 5.92 Å². The third kappa shape index (κ3) is 2.58. The fraction of sp³-hybridized carbons (Fsp3) is 0.562. The first-order chi connectivity index (χ1) is 9.65. The number of nitrogens with two attached hydrogens (primary N) is 1. The quantitative estimate of drug-likeness (QED) is 0.901. The average molecular weight is 273 g/mol. The van der Waals surface area contributed by atoms with Crippen LogP contribution in [0.1, 0.15) is 18.9 Å². The van der Waals surface area contributed by atoms with Crippen molar-refractivity contribution in [2.45, 2.75) is 25.8 Å². The summed E-state index contributed by atoms with van der Waals surface area (Å²) < 4.78 is 0. The van der Waals surface area contributed by atoms with Crippen molar-refractivity contribution in [2.24, 2.45) is 11.7 Å². The van der Waals surface area contributed by atoms with Gasteiger partial charge in [0.1, 0.15) is 0 Å². The molecule has 20 heavy (non-hydrogen) atoms. The first-order valence-corrected chi connectivity index (χ1v) is 7.51. The summed E-state index contributed by atoms with van der Waals surface area (Å²) in [6.07, 6.45) is 2.09. The zero-order valence-corrected chi connectivity index (χ0v) is 12.1. The number of anilines is 1. The molecule has 0 spiro atoms. The number of hydrogen-bond acceptors (Lipinski definition) is 3. The van der Waals surface area contributed by atoms with Gasteiger partial charge in [0, 0.05) is 24.8 Å². The van der Waals surface area contributed by atoms with E-state index in [1.54, 1.807) is 0 Å². The van der Waals surface area contributed by atoms with Gasteiger partial charge in [0.25, 0.3) is 0 Å². The molecular formula is C16H23N3O. The highest BCUT2D eigenvalue weighted by Crippen LogP contribution is 2.28. The van der Waals surface area contributed by atoms with Gasteiger partial charge >= 0.3 is 0 Å². The minimum absolute atomic E-state index is 0.222. The van der Waals surface area contributed by atoms with Crippen LogP contribution in [-0.4, -0.2) is 43.0 Å². The van der Waals surface area contributed by atoms with Crippen molar-refractivity contribution in [3.8, 4) is 0 Å². The molecule has 2 N–H and O–H groups in total. The molecule has 1 saturated heterocycles. The SMILES string of the molecule is CC(N)C1CCN(CC(=O)N2CCc3ccccc32)C1. The molecule has 1 amide bonds. The van der Waals surface area contributed by atoms with E-state index in [1.807, 2.05) is 17.0 Å². The lowest BCUT2D eigenvalue weighted by Gasteiger charge is -2.22. The molecule has 3 rings (SSSR count). The van der Waals surface area contributed by atoms with Gasteiger partial charge in [-0.3, -0.25) is 9.69 Å². The van der Waals surface area contributed by atoms with Crippen molar-refractivity contribution >= 4 is 11.6 Å². The first kappa shape index (κ1) is 13.6. The van der Waals surface area contributed by atoms with Gasteiger partial charge in [-0.2, -0.15) is 0 Å². The van der Waals surface area contributed by atoms with E-state index in [4.69, 9.17) is 5.73 Å². The van der Waals surface area contributed by atoms with E-state index in [2.05, 4.69) is 24.0 Å². The van der Waals surface area contributed by atoms with Gasteiger partial charge in [0.05, 0.1) is 6.54 Å². The molecular weight excluding hydrogens is 250 g/mol. The van der Waals surface area contributed by atoms with Crippen LogP contribution in [0.15, 0.2) is 24.3 Å². The van der Waals surface area contributed by atoms with Crippen LogP contribution in [-0.2, 0) is 11.2 Å². The summed E-state index contributed by atoms with van der Waals surface area (Å²) in [6, 6.07) is 8.44. The minimum atomic E-state index is 0.222. The Hall–Kier alpha value is -1.39. The summed E-state index contributed by atoms with van der Waals surface area (Å²) in [5, 5.41) is 0. The number of benzene rings is 1. The maximum Gasteiger partial charge on any atom is 0.241 e. The number of rotatable bonds is 3. The number of amides is 1. The molecule has 0 saturated carbocycles. The topological polar surface area (TPSA) is 49.6 Å². The lowest BCUT2D eigenvalue weighted by Crippen LogP contribution is -2.39. The zero-order valence-electron chi connectivity index (χ0n) is 12.1. The molecule has 0 aromatic heterocycles. The lowest BCUT2D eigenvalue weighted by molar-refractivity contribution is -0.119. The maximum atomic E-state index is 12.5. The Kier molecular flexibility index (Phi) is 3.76. The van der Waals surface area contributed by atoms with Crippen molar-refractivity contribution in [1.29, 1.82) is 0 Å². The Morgan fingerprint density at radius 3 is 2.95 bits per heavy atom. The second-order valence-corrected chi connectivity index (χ2v) is 6.07. The Morgan fingerprint density at radius 2 is 2.20 bits per heavy atom. The smallest absolute Gasteiger partial charge is 0.241 e. The fourth-order valence-corrected chi connectivity index (χ4v) is 3.31.